The second-order valence-corrected chi connectivity index (χ2v) is 10.1. The number of ether oxygens (including phenoxy) is 2. The van der Waals surface area contributed by atoms with Crippen molar-refractivity contribution in [3.63, 3.8) is 0 Å². The van der Waals surface area contributed by atoms with E-state index < -0.39 is 0 Å². The van der Waals surface area contributed by atoms with Crippen LogP contribution in [0.1, 0.15) is 78.1 Å². The Morgan fingerprint density at radius 1 is 0.783 bits per heavy atom. The Morgan fingerprint density at radius 3 is 2.43 bits per heavy atom. The summed E-state index contributed by atoms with van der Waals surface area (Å²) < 4.78 is 12.1. The van der Waals surface area contributed by atoms with Crippen LogP contribution in [-0.4, -0.2) is 19.0 Å². The quantitative estimate of drug-likeness (QED) is 0.614. The minimum absolute atomic E-state index is 0.187. The Kier molecular flexibility index (Phi) is 3.29. The van der Waals surface area contributed by atoms with Crippen molar-refractivity contribution in [1.29, 1.82) is 0 Å². The average Bonchev–Trinajstić information content (AvgIpc) is 3.15. The van der Waals surface area contributed by atoms with Crippen LogP contribution in [-0.2, 0) is 9.47 Å². The molecule has 2 nitrogen and oxygen atoms in total. The van der Waals surface area contributed by atoms with Crippen molar-refractivity contribution < 1.29 is 9.47 Å². The van der Waals surface area contributed by atoms with E-state index in [-0.39, 0.29) is 5.79 Å². The molecule has 0 radical (unpaired) electrons. The van der Waals surface area contributed by atoms with Crippen molar-refractivity contribution in [3.8, 4) is 0 Å². The van der Waals surface area contributed by atoms with Crippen LogP contribution in [0.2, 0.25) is 0 Å². The summed E-state index contributed by atoms with van der Waals surface area (Å²) in [6.45, 7) is 6.89. The van der Waals surface area contributed by atoms with Crippen molar-refractivity contribution in [3.05, 3.63) is 0 Å². The summed E-state index contributed by atoms with van der Waals surface area (Å²) in [5, 5.41) is 0. The fourth-order valence-corrected chi connectivity index (χ4v) is 7.95. The predicted octanol–water partition coefficient (Wildman–Crippen LogP) is 5.16. The third kappa shape index (κ3) is 2.06. The van der Waals surface area contributed by atoms with E-state index >= 15 is 0 Å². The molecule has 1 spiro atoms. The maximum Gasteiger partial charge on any atom is 0.168 e. The van der Waals surface area contributed by atoms with Crippen LogP contribution in [0.15, 0.2) is 0 Å². The summed E-state index contributed by atoms with van der Waals surface area (Å²) >= 11 is 0. The fraction of sp³-hybridized carbons (Fsp3) is 1.00. The van der Waals surface area contributed by atoms with Crippen LogP contribution >= 0.6 is 0 Å². The number of fused-ring (bicyclic) bond motifs is 5. The molecule has 0 aromatic rings. The van der Waals surface area contributed by atoms with Gasteiger partial charge in [0.1, 0.15) is 0 Å². The van der Waals surface area contributed by atoms with E-state index in [1.807, 2.05) is 0 Å². The van der Waals surface area contributed by atoms with Gasteiger partial charge < -0.3 is 9.47 Å². The molecule has 5 fully saturated rings. The lowest BCUT2D eigenvalue weighted by atomic mass is 9.45. The lowest BCUT2D eigenvalue weighted by Crippen LogP contribution is -2.55. The second kappa shape index (κ2) is 4.97. The molecule has 0 aromatic carbocycles. The first kappa shape index (κ1) is 15.2. The van der Waals surface area contributed by atoms with Gasteiger partial charge in [0.2, 0.25) is 0 Å². The number of rotatable bonds is 0. The van der Waals surface area contributed by atoms with Crippen LogP contribution in [0, 0.1) is 34.5 Å². The summed E-state index contributed by atoms with van der Waals surface area (Å²) in [5.41, 5.74) is 1.26. The highest BCUT2D eigenvalue weighted by molar-refractivity contribution is 5.08. The van der Waals surface area contributed by atoms with Crippen LogP contribution < -0.4 is 0 Å². The molecular weight excluding hydrogens is 284 g/mol. The molecule has 0 amide bonds. The van der Waals surface area contributed by atoms with Gasteiger partial charge in [-0.1, -0.05) is 20.3 Å². The normalized spacial score (nSPS) is 54.5. The minimum atomic E-state index is -0.187. The van der Waals surface area contributed by atoms with Gasteiger partial charge in [0.15, 0.2) is 5.79 Å². The molecule has 4 saturated carbocycles. The Balaban J connectivity index is 1.41. The van der Waals surface area contributed by atoms with Gasteiger partial charge >= 0.3 is 0 Å². The molecule has 5 rings (SSSR count). The first-order valence-electron chi connectivity index (χ1n) is 10.3. The molecule has 6 atom stereocenters. The Morgan fingerprint density at radius 2 is 1.61 bits per heavy atom. The standard InChI is InChI=1S/C21H34O2/c1-19-8-3-4-17(19)16-6-5-15-14-21(22-12-13-23-21)11-10-20(15,2)18(16)7-9-19/h15-18H,3-14H2,1-2H3/t15-,16+,17+,18-,19-,20+/m1/s1. The highest BCUT2D eigenvalue weighted by atomic mass is 16.7. The fourth-order valence-electron chi connectivity index (χ4n) is 7.95. The molecule has 23 heavy (non-hydrogen) atoms. The summed E-state index contributed by atoms with van der Waals surface area (Å²) in [5.74, 6) is 3.69. The Labute approximate surface area is 141 Å². The molecule has 1 saturated heterocycles. The van der Waals surface area contributed by atoms with E-state index in [1.165, 1.54) is 57.8 Å². The third-order valence-electron chi connectivity index (χ3n) is 9.26. The molecule has 5 aliphatic rings. The summed E-state index contributed by atoms with van der Waals surface area (Å²) in [4.78, 5) is 0. The molecule has 130 valence electrons. The van der Waals surface area contributed by atoms with Crippen LogP contribution in [0.5, 0.6) is 0 Å². The lowest BCUT2D eigenvalue weighted by Gasteiger charge is -2.61. The zero-order chi connectivity index (χ0) is 15.7. The van der Waals surface area contributed by atoms with E-state index in [9.17, 15) is 0 Å². The molecule has 4 aliphatic carbocycles. The van der Waals surface area contributed by atoms with E-state index in [0.717, 1.165) is 43.3 Å². The summed E-state index contributed by atoms with van der Waals surface area (Å²) in [6.07, 6.45) is 14.1. The van der Waals surface area contributed by atoms with E-state index in [1.54, 1.807) is 0 Å². The van der Waals surface area contributed by atoms with Crippen molar-refractivity contribution in [2.75, 3.05) is 13.2 Å². The van der Waals surface area contributed by atoms with Gasteiger partial charge in [0, 0.05) is 12.8 Å². The minimum Gasteiger partial charge on any atom is -0.348 e. The molecule has 2 heteroatoms. The van der Waals surface area contributed by atoms with Gasteiger partial charge in [0.25, 0.3) is 0 Å². The van der Waals surface area contributed by atoms with Gasteiger partial charge in [-0.05, 0) is 79.4 Å². The van der Waals surface area contributed by atoms with Gasteiger partial charge in [0.05, 0.1) is 13.2 Å². The van der Waals surface area contributed by atoms with Crippen molar-refractivity contribution in [2.45, 2.75) is 83.8 Å². The van der Waals surface area contributed by atoms with Crippen molar-refractivity contribution >= 4 is 0 Å². The Bertz CT molecular complexity index is 482. The van der Waals surface area contributed by atoms with E-state index in [2.05, 4.69) is 13.8 Å². The van der Waals surface area contributed by atoms with E-state index in [0.29, 0.717) is 10.8 Å². The number of hydrogen-bond acceptors (Lipinski definition) is 2. The first-order valence-corrected chi connectivity index (χ1v) is 10.3. The lowest BCUT2D eigenvalue weighted by molar-refractivity contribution is -0.229. The molecular formula is C21H34O2. The molecule has 0 bridgehead atoms. The SMILES string of the molecule is C[C@]12CCC[C@H]1[C@@H]1CC[C@@H]3CC4(CC[C@]3(C)[C@@H]1CC2)OCCO4. The van der Waals surface area contributed by atoms with Crippen molar-refractivity contribution in [2.24, 2.45) is 34.5 Å². The van der Waals surface area contributed by atoms with Gasteiger partial charge in [-0.15, -0.1) is 0 Å². The van der Waals surface area contributed by atoms with Crippen molar-refractivity contribution in [1.82, 2.24) is 0 Å². The van der Waals surface area contributed by atoms with Crippen LogP contribution in [0.3, 0.4) is 0 Å². The average molecular weight is 319 g/mol. The van der Waals surface area contributed by atoms with E-state index in [4.69, 9.17) is 9.47 Å². The van der Waals surface area contributed by atoms with Gasteiger partial charge in [-0.2, -0.15) is 0 Å². The number of hydrogen-bond donors (Lipinski definition) is 0. The van der Waals surface area contributed by atoms with Crippen LogP contribution in [0.25, 0.3) is 0 Å². The zero-order valence-corrected chi connectivity index (χ0v) is 15.1. The molecule has 0 unspecified atom stereocenters. The van der Waals surface area contributed by atoms with Crippen LogP contribution in [0.4, 0.5) is 0 Å². The second-order valence-electron chi connectivity index (χ2n) is 10.1. The zero-order valence-electron chi connectivity index (χ0n) is 15.1. The monoisotopic (exact) mass is 318 g/mol. The molecule has 0 aromatic heterocycles. The topological polar surface area (TPSA) is 18.5 Å². The highest BCUT2D eigenvalue weighted by Gasteiger charge is 2.60. The smallest absolute Gasteiger partial charge is 0.168 e. The predicted molar refractivity (Wildman–Crippen MR) is 91.0 cm³/mol. The maximum absolute atomic E-state index is 6.07. The molecule has 0 N–H and O–H groups in total. The maximum atomic E-state index is 6.07. The highest BCUT2D eigenvalue weighted by Crippen LogP contribution is 2.67. The largest absolute Gasteiger partial charge is 0.348 e. The first-order chi connectivity index (χ1) is 11.0. The molecule has 1 aliphatic heterocycles. The van der Waals surface area contributed by atoms with Gasteiger partial charge in [-0.3, -0.25) is 0 Å². The Hall–Kier alpha value is -0.0800. The third-order valence-corrected chi connectivity index (χ3v) is 9.26. The summed E-state index contributed by atoms with van der Waals surface area (Å²) in [6, 6.07) is 0. The van der Waals surface area contributed by atoms with Gasteiger partial charge in [-0.25, -0.2) is 0 Å². The summed E-state index contributed by atoms with van der Waals surface area (Å²) in [7, 11) is 0. The molecule has 1 heterocycles.